The van der Waals surface area contributed by atoms with Gasteiger partial charge in [-0.3, -0.25) is 9.78 Å². The van der Waals surface area contributed by atoms with Crippen molar-refractivity contribution < 1.29 is 4.79 Å². The third kappa shape index (κ3) is 3.34. The van der Waals surface area contributed by atoms with E-state index in [1.807, 2.05) is 24.3 Å². The van der Waals surface area contributed by atoms with Crippen molar-refractivity contribution in [3.63, 3.8) is 0 Å². The van der Waals surface area contributed by atoms with Crippen LogP contribution < -0.4 is 5.32 Å². The number of hydrogen-bond donors (Lipinski definition) is 1. The van der Waals surface area contributed by atoms with Crippen LogP contribution in [-0.4, -0.2) is 27.9 Å². The molecule has 2 heterocycles. The smallest absolute Gasteiger partial charge is 0.254 e. The van der Waals surface area contributed by atoms with Gasteiger partial charge in [0, 0.05) is 17.5 Å². The first-order valence-corrected chi connectivity index (χ1v) is 8.69. The highest BCUT2D eigenvalue weighted by Gasteiger charge is 2.36. The molecule has 3 rings (SSSR count). The highest BCUT2D eigenvalue weighted by atomic mass is 35.5. The van der Waals surface area contributed by atoms with E-state index in [-0.39, 0.29) is 5.91 Å². The van der Waals surface area contributed by atoms with Gasteiger partial charge in [-0.25, -0.2) is 0 Å². The number of amides is 1. The average Bonchev–Trinajstić information content (AvgIpc) is 3.05. The van der Waals surface area contributed by atoms with Crippen LogP contribution in [0.1, 0.15) is 16.8 Å². The minimum absolute atomic E-state index is 0.322. The molecule has 0 unspecified atom stereocenters. The summed E-state index contributed by atoms with van der Waals surface area (Å²) in [6, 6.07) is 13.1. The van der Waals surface area contributed by atoms with Crippen LogP contribution in [0.25, 0.3) is 11.3 Å². The Bertz CT molecular complexity index is 767. The molecule has 23 heavy (non-hydrogen) atoms. The zero-order valence-corrected chi connectivity index (χ0v) is 13.8. The van der Waals surface area contributed by atoms with Crippen LogP contribution in [0.5, 0.6) is 0 Å². The molecule has 1 atom stereocenters. The Morgan fingerprint density at radius 2 is 2.26 bits per heavy atom. The summed E-state index contributed by atoms with van der Waals surface area (Å²) in [5, 5.41) is 12.6. The minimum Gasteiger partial charge on any atom is -0.333 e. The summed E-state index contributed by atoms with van der Waals surface area (Å²) < 4.78 is 0. The number of benzene rings is 1. The fraction of sp³-hybridized carbons (Fsp3) is 0.235. The monoisotopic (exact) mass is 343 g/mol. The first-order chi connectivity index (χ1) is 11.1. The maximum Gasteiger partial charge on any atom is 0.254 e. The van der Waals surface area contributed by atoms with Crippen LogP contribution in [0.4, 0.5) is 0 Å². The van der Waals surface area contributed by atoms with Crippen molar-refractivity contribution in [3.05, 3.63) is 53.2 Å². The zero-order chi connectivity index (χ0) is 16.3. The Hall–Kier alpha value is -2.03. The van der Waals surface area contributed by atoms with Gasteiger partial charge in [-0.05, 0) is 36.4 Å². The highest BCUT2D eigenvalue weighted by Crippen LogP contribution is 2.29. The summed E-state index contributed by atoms with van der Waals surface area (Å²) >= 11 is 7.85. The zero-order valence-electron chi connectivity index (χ0n) is 12.3. The van der Waals surface area contributed by atoms with Gasteiger partial charge in [-0.1, -0.05) is 23.7 Å². The van der Waals surface area contributed by atoms with Gasteiger partial charge < -0.3 is 5.32 Å². The van der Waals surface area contributed by atoms with Gasteiger partial charge in [0.15, 0.2) is 0 Å². The number of hydrogen-bond acceptors (Lipinski definition) is 4. The molecule has 0 saturated carbocycles. The quantitative estimate of drug-likeness (QED) is 0.925. The standard InChI is InChI=1S/C17H14ClN3OS/c18-14-5-4-12(15-3-1-2-7-20-15)9-13(14)16(22)21-17(10-19)6-8-23-11-17/h1-5,7,9H,6,8,11H2,(H,21,22)/t17-/m0/s1. The van der Waals surface area contributed by atoms with Gasteiger partial charge in [0.05, 0.1) is 22.3 Å². The molecule has 1 aromatic heterocycles. The lowest BCUT2D eigenvalue weighted by molar-refractivity contribution is 0.0926. The maximum atomic E-state index is 12.6. The van der Waals surface area contributed by atoms with Crippen molar-refractivity contribution in [1.29, 1.82) is 5.26 Å². The number of carbonyl (C=O) groups is 1. The molecule has 116 valence electrons. The van der Waals surface area contributed by atoms with Gasteiger partial charge in [0.25, 0.3) is 5.91 Å². The third-order valence-corrected chi connectivity index (χ3v) is 5.28. The second-order valence-electron chi connectivity index (χ2n) is 5.36. The van der Waals surface area contributed by atoms with Crippen LogP contribution in [-0.2, 0) is 0 Å². The molecule has 0 spiro atoms. The van der Waals surface area contributed by atoms with E-state index >= 15 is 0 Å². The van der Waals surface area contributed by atoms with Gasteiger partial charge in [0.2, 0.25) is 0 Å². The molecule has 6 heteroatoms. The van der Waals surface area contributed by atoms with Gasteiger partial charge in [0.1, 0.15) is 5.54 Å². The van der Waals surface area contributed by atoms with E-state index in [1.54, 1.807) is 30.1 Å². The highest BCUT2D eigenvalue weighted by molar-refractivity contribution is 7.99. The van der Waals surface area contributed by atoms with Gasteiger partial charge >= 0.3 is 0 Å². The molecule has 1 saturated heterocycles. The lowest BCUT2D eigenvalue weighted by Gasteiger charge is -2.21. The summed E-state index contributed by atoms with van der Waals surface area (Å²) in [6.07, 6.45) is 2.35. The minimum atomic E-state index is -0.800. The van der Waals surface area contributed by atoms with E-state index in [4.69, 9.17) is 11.6 Å². The van der Waals surface area contributed by atoms with E-state index in [1.165, 1.54) is 0 Å². The predicted octanol–water partition coefficient (Wildman–Crippen LogP) is 3.53. The number of thioether (sulfide) groups is 1. The van der Waals surface area contributed by atoms with Crippen LogP contribution >= 0.6 is 23.4 Å². The molecule has 1 amide bonds. The summed E-state index contributed by atoms with van der Waals surface area (Å²) in [4.78, 5) is 16.9. The van der Waals surface area contributed by atoms with E-state index in [0.717, 1.165) is 17.0 Å². The van der Waals surface area contributed by atoms with Crippen molar-refractivity contribution in [2.24, 2.45) is 0 Å². The second-order valence-corrected chi connectivity index (χ2v) is 6.87. The Morgan fingerprint density at radius 1 is 1.39 bits per heavy atom. The van der Waals surface area contributed by atoms with Crippen LogP contribution in [0.2, 0.25) is 5.02 Å². The lowest BCUT2D eigenvalue weighted by Crippen LogP contribution is -2.47. The Kier molecular flexibility index (Phi) is 4.56. The van der Waals surface area contributed by atoms with Crippen LogP contribution in [0.15, 0.2) is 42.6 Å². The fourth-order valence-electron chi connectivity index (χ4n) is 2.46. The number of nitriles is 1. The molecule has 1 aromatic carbocycles. The van der Waals surface area contributed by atoms with E-state index in [2.05, 4.69) is 16.4 Å². The van der Waals surface area contributed by atoms with Crippen LogP contribution in [0.3, 0.4) is 0 Å². The van der Waals surface area contributed by atoms with Crippen molar-refractivity contribution in [2.45, 2.75) is 12.0 Å². The summed E-state index contributed by atoms with van der Waals surface area (Å²) in [5.74, 6) is 1.15. The fourth-order valence-corrected chi connectivity index (χ4v) is 3.93. The molecule has 1 N–H and O–H groups in total. The molecule has 1 aliphatic heterocycles. The van der Waals surface area contributed by atoms with Gasteiger partial charge in [-0.2, -0.15) is 17.0 Å². The van der Waals surface area contributed by atoms with Crippen molar-refractivity contribution in [2.75, 3.05) is 11.5 Å². The first-order valence-electron chi connectivity index (χ1n) is 7.16. The molecule has 2 aromatic rings. The summed E-state index contributed by atoms with van der Waals surface area (Å²) in [6.45, 7) is 0. The molecule has 0 aliphatic carbocycles. The summed E-state index contributed by atoms with van der Waals surface area (Å²) in [5.41, 5.74) is 1.14. The first kappa shape index (κ1) is 15.9. The Balaban J connectivity index is 1.90. The average molecular weight is 344 g/mol. The number of nitrogens with one attached hydrogen (secondary N) is 1. The predicted molar refractivity (Wildman–Crippen MR) is 92.4 cm³/mol. The molecule has 4 nitrogen and oxygen atoms in total. The number of aromatic nitrogens is 1. The van der Waals surface area contributed by atoms with Crippen molar-refractivity contribution >= 4 is 29.3 Å². The Morgan fingerprint density at radius 3 is 2.91 bits per heavy atom. The summed E-state index contributed by atoms with van der Waals surface area (Å²) in [7, 11) is 0. The largest absolute Gasteiger partial charge is 0.333 e. The number of nitrogens with zero attached hydrogens (tertiary/aromatic N) is 2. The lowest BCUT2D eigenvalue weighted by atomic mass is 10.00. The number of halogens is 1. The molecular formula is C17H14ClN3OS. The topological polar surface area (TPSA) is 65.8 Å². The van der Waals surface area contributed by atoms with E-state index in [0.29, 0.717) is 22.8 Å². The molecular weight excluding hydrogens is 330 g/mol. The van der Waals surface area contributed by atoms with E-state index in [9.17, 15) is 10.1 Å². The third-order valence-electron chi connectivity index (χ3n) is 3.76. The molecule has 0 radical (unpaired) electrons. The van der Waals surface area contributed by atoms with Gasteiger partial charge in [-0.15, -0.1) is 0 Å². The molecule has 0 bridgehead atoms. The van der Waals surface area contributed by atoms with Crippen molar-refractivity contribution in [3.8, 4) is 17.3 Å². The van der Waals surface area contributed by atoms with Crippen molar-refractivity contribution in [1.82, 2.24) is 10.3 Å². The van der Waals surface area contributed by atoms with Crippen LogP contribution in [0, 0.1) is 11.3 Å². The SMILES string of the molecule is N#C[C@@]1(NC(=O)c2cc(-c3ccccn3)ccc2Cl)CCSC1. The number of pyridine rings is 1. The number of rotatable bonds is 3. The molecule has 1 aliphatic rings. The maximum absolute atomic E-state index is 12.6. The Labute approximate surface area is 143 Å². The normalized spacial score (nSPS) is 20.0. The molecule has 1 fully saturated rings. The second kappa shape index (κ2) is 6.61. The van der Waals surface area contributed by atoms with E-state index < -0.39 is 5.54 Å². The number of carbonyl (C=O) groups excluding carboxylic acids is 1.